The van der Waals surface area contributed by atoms with Gasteiger partial charge in [-0.3, -0.25) is 9.78 Å². The molecule has 0 radical (unpaired) electrons. The van der Waals surface area contributed by atoms with Gasteiger partial charge in [0.2, 0.25) is 0 Å². The number of hydrogen-bond donors (Lipinski definition) is 1. The van der Waals surface area contributed by atoms with Crippen LogP contribution in [0.15, 0.2) is 47.7 Å². The number of anilines is 2. The number of nitrogens with one attached hydrogen (secondary N) is 1. The minimum Gasteiger partial charge on any atom is -0.355 e. The van der Waals surface area contributed by atoms with E-state index in [1.165, 1.54) is 6.08 Å². The summed E-state index contributed by atoms with van der Waals surface area (Å²) in [6, 6.07) is 9.40. The van der Waals surface area contributed by atoms with Gasteiger partial charge in [-0.2, -0.15) is 0 Å². The summed E-state index contributed by atoms with van der Waals surface area (Å²) < 4.78 is 0. The molecule has 1 aliphatic rings. The van der Waals surface area contributed by atoms with Gasteiger partial charge in [-0.25, -0.2) is 4.99 Å². The predicted octanol–water partition coefficient (Wildman–Crippen LogP) is 0.765. The molecule has 0 saturated carbocycles. The van der Waals surface area contributed by atoms with Crippen LogP contribution < -0.4 is 15.9 Å². The topological polar surface area (TPSA) is 54.4 Å². The molecule has 0 atom stereocenters. The predicted molar refractivity (Wildman–Crippen MR) is 64.2 cm³/mol. The summed E-state index contributed by atoms with van der Waals surface area (Å²) >= 11 is 0. The number of benzene rings is 1. The normalized spacial score (nSPS) is 12.6. The van der Waals surface area contributed by atoms with E-state index in [2.05, 4.69) is 15.3 Å². The standard InChI is InChI=1S/C13H9N3O/c17-13-8-9-7-11(1-2-12(9)16-13)15-10-3-5-14-6-4-10/h1-8H,(H,14,15). The molecule has 4 heteroatoms. The monoisotopic (exact) mass is 223 g/mol. The second-order valence-corrected chi connectivity index (χ2v) is 3.73. The maximum absolute atomic E-state index is 11.1. The van der Waals surface area contributed by atoms with E-state index in [0.29, 0.717) is 0 Å². The summed E-state index contributed by atoms with van der Waals surface area (Å²) in [5.41, 5.74) is 1.89. The van der Waals surface area contributed by atoms with E-state index in [9.17, 15) is 4.79 Å². The molecule has 17 heavy (non-hydrogen) atoms. The van der Waals surface area contributed by atoms with E-state index in [-0.39, 0.29) is 5.91 Å². The molecular formula is C13H9N3O. The molecule has 0 saturated heterocycles. The molecule has 2 aromatic rings. The fourth-order valence-electron chi connectivity index (χ4n) is 1.74. The highest BCUT2D eigenvalue weighted by Gasteiger charge is 2.03. The smallest absolute Gasteiger partial charge is 0.270 e. The summed E-state index contributed by atoms with van der Waals surface area (Å²) in [4.78, 5) is 18.9. The van der Waals surface area contributed by atoms with E-state index in [4.69, 9.17) is 0 Å². The van der Waals surface area contributed by atoms with Gasteiger partial charge in [-0.1, -0.05) is 0 Å². The Hall–Kier alpha value is -2.49. The molecule has 0 fully saturated rings. The molecule has 0 spiro atoms. The SMILES string of the molecule is O=C1C=c2cc(Nc3ccncc3)ccc2=N1. The van der Waals surface area contributed by atoms with Crippen LogP contribution in [-0.4, -0.2) is 10.9 Å². The zero-order valence-electron chi connectivity index (χ0n) is 8.92. The van der Waals surface area contributed by atoms with E-state index in [1.807, 2.05) is 30.3 Å². The highest BCUT2D eigenvalue weighted by molar-refractivity contribution is 6.06. The van der Waals surface area contributed by atoms with Crippen molar-refractivity contribution in [3.8, 4) is 0 Å². The summed E-state index contributed by atoms with van der Waals surface area (Å²) in [6.45, 7) is 0. The van der Waals surface area contributed by atoms with Gasteiger partial charge in [0.1, 0.15) is 0 Å². The lowest BCUT2D eigenvalue weighted by molar-refractivity contribution is -0.112. The van der Waals surface area contributed by atoms with Crippen LogP contribution in [0, 0.1) is 0 Å². The van der Waals surface area contributed by atoms with E-state index < -0.39 is 0 Å². The van der Waals surface area contributed by atoms with Gasteiger partial charge in [0.15, 0.2) is 0 Å². The molecule has 0 aliphatic carbocycles. The molecule has 3 rings (SSSR count). The Labute approximate surface area is 97.3 Å². The molecule has 1 N–H and O–H groups in total. The highest BCUT2D eigenvalue weighted by atomic mass is 16.1. The number of aromatic nitrogens is 1. The number of amides is 1. The van der Waals surface area contributed by atoms with Crippen molar-refractivity contribution < 1.29 is 4.79 Å². The van der Waals surface area contributed by atoms with Crippen molar-refractivity contribution in [3.05, 3.63) is 53.3 Å². The molecule has 1 amide bonds. The minimum atomic E-state index is -0.193. The number of fused-ring (bicyclic) bond motifs is 1. The summed E-state index contributed by atoms with van der Waals surface area (Å²) in [6.07, 6.45) is 4.98. The number of nitrogens with zero attached hydrogens (tertiary/aromatic N) is 2. The van der Waals surface area contributed by atoms with Crippen LogP contribution in [0.3, 0.4) is 0 Å². The Morgan fingerprint density at radius 3 is 2.65 bits per heavy atom. The number of pyridine rings is 1. The Bertz CT molecular complexity index is 692. The van der Waals surface area contributed by atoms with Crippen molar-refractivity contribution in [1.29, 1.82) is 0 Å². The number of carbonyl (C=O) groups excluding carboxylic acids is 1. The summed E-state index contributed by atoms with van der Waals surface area (Å²) in [5.74, 6) is -0.193. The first-order chi connectivity index (χ1) is 8.31. The average molecular weight is 223 g/mol. The summed E-state index contributed by atoms with van der Waals surface area (Å²) in [7, 11) is 0. The Morgan fingerprint density at radius 2 is 1.82 bits per heavy atom. The third-order valence-corrected chi connectivity index (χ3v) is 2.51. The van der Waals surface area contributed by atoms with Gasteiger partial charge in [0, 0.05) is 35.1 Å². The lowest BCUT2D eigenvalue weighted by Crippen LogP contribution is -2.20. The first-order valence-electron chi connectivity index (χ1n) is 5.23. The number of hydrogen-bond acceptors (Lipinski definition) is 3. The molecule has 4 nitrogen and oxygen atoms in total. The van der Waals surface area contributed by atoms with Crippen molar-refractivity contribution >= 4 is 23.4 Å². The van der Waals surface area contributed by atoms with Gasteiger partial charge in [-0.15, -0.1) is 0 Å². The zero-order chi connectivity index (χ0) is 11.7. The van der Waals surface area contributed by atoms with Crippen molar-refractivity contribution in [1.82, 2.24) is 4.98 Å². The van der Waals surface area contributed by atoms with Gasteiger partial charge in [-0.05, 0) is 30.3 Å². The van der Waals surface area contributed by atoms with Crippen molar-refractivity contribution in [2.24, 2.45) is 4.99 Å². The average Bonchev–Trinajstić information content (AvgIpc) is 2.70. The minimum absolute atomic E-state index is 0.193. The van der Waals surface area contributed by atoms with Crippen LogP contribution >= 0.6 is 0 Å². The molecule has 1 aliphatic heterocycles. The third kappa shape index (κ3) is 1.92. The molecule has 2 heterocycles. The van der Waals surface area contributed by atoms with Crippen LogP contribution in [-0.2, 0) is 4.79 Å². The molecule has 1 aromatic carbocycles. The van der Waals surface area contributed by atoms with Gasteiger partial charge >= 0.3 is 0 Å². The quantitative estimate of drug-likeness (QED) is 0.818. The second kappa shape index (κ2) is 3.83. The van der Waals surface area contributed by atoms with Gasteiger partial charge in [0.25, 0.3) is 5.91 Å². The van der Waals surface area contributed by atoms with Crippen molar-refractivity contribution in [2.45, 2.75) is 0 Å². The largest absolute Gasteiger partial charge is 0.355 e. The zero-order valence-corrected chi connectivity index (χ0v) is 8.92. The Balaban J connectivity index is 1.98. The fourth-order valence-corrected chi connectivity index (χ4v) is 1.74. The van der Waals surface area contributed by atoms with Gasteiger partial charge in [0.05, 0.1) is 5.36 Å². The third-order valence-electron chi connectivity index (χ3n) is 2.51. The van der Waals surface area contributed by atoms with Crippen LogP contribution in [0.2, 0.25) is 0 Å². The van der Waals surface area contributed by atoms with Crippen LogP contribution in [0.4, 0.5) is 11.4 Å². The molecule has 0 unspecified atom stereocenters. The van der Waals surface area contributed by atoms with Crippen molar-refractivity contribution in [3.63, 3.8) is 0 Å². The van der Waals surface area contributed by atoms with E-state index in [1.54, 1.807) is 12.4 Å². The van der Waals surface area contributed by atoms with E-state index >= 15 is 0 Å². The summed E-state index contributed by atoms with van der Waals surface area (Å²) in [5, 5.41) is 4.82. The van der Waals surface area contributed by atoms with Crippen LogP contribution in [0.1, 0.15) is 0 Å². The first kappa shape index (κ1) is 9.72. The molecule has 1 aromatic heterocycles. The molecular weight excluding hydrogens is 214 g/mol. The highest BCUT2D eigenvalue weighted by Crippen LogP contribution is 2.12. The molecule has 82 valence electrons. The number of carbonyl (C=O) groups is 1. The maximum Gasteiger partial charge on any atom is 0.270 e. The van der Waals surface area contributed by atoms with Crippen LogP contribution in [0.25, 0.3) is 6.08 Å². The van der Waals surface area contributed by atoms with Crippen LogP contribution in [0.5, 0.6) is 0 Å². The maximum atomic E-state index is 11.1. The number of rotatable bonds is 2. The lowest BCUT2D eigenvalue weighted by atomic mass is 10.2. The van der Waals surface area contributed by atoms with Gasteiger partial charge < -0.3 is 5.32 Å². The Kier molecular flexibility index (Phi) is 2.19. The first-order valence-corrected chi connectivity index (χ1v) is 5.23. The second-order valence-electron chi connectivity index (χ2n) is 3.73. The van der Waals surface area contributed by atoms with E-state index in [0.717, 1.165) is 22.0 Å². The molecule has 0 bridgehead atoms. The lowest BCUT2D eigenvalue weighted by Gasteiger charge is -2.04. The fraction of sp³-hybridized carbons (Fsp3) is 0. The Morgan fingerprint density at radius 1 is 1.00 bits per heavy atom. The van der Waals surface area contributed by atoms with Crippen molar-refractivity contribution in [2.75, 3.05) is 5.32 Å².